The first-order chi connectivity index (χ1) is 12.6. The number of benzene rings is 1. The molecule has 0 spiro atoms. The number of hydrogen-bond acceptors (Lipinski definition) is 6. The molecule has 2 aromatic heterocycles. The van der Waals surface area contributed by atoms with E-state index in [0.717, 1.165) is 4.88 Å². The Bertz CT molecular complexity index is 958. The summed E-state index contributed by atoms with van der Waals surface area (Å²) in [4.78, 5) is 13.7. The van der Waals surface area contributed by atoms with Gasteiger partial charge in [0.15, 0.2) is 5.78 Å². The first-order valence-corrected chi connectivity index (χ1v) is 8.67. The normalized spacial score (nSPS) is 11.0. The van der Waals surface area contributed by atoms with E-state index < -0.39 is 0 Å². The number of phenolic OH excluding ortho intramolecular Hbond substituents is 1. The van der Waals surface area contributed by atoms with Crippen molar-refractivity contribution in [2.24, 2.45) is 7.05 Å². The number of phenols is 1. The van der Waals surface area contributed by atoms with Gasteiger partial charge in [0.05, 0.1) is 25.5 Å². The van der Waals surface area contributed by atoms with E-state index in [9.17, 15) is 9.90 Å². The summed E-state index contributed by atoms with van der Waals surface area (Å²) in [5.41, 5.74) is 1.09. The van der Waals surface area contributed by atoms with Gasteiger partial charge in [-0.2, -0.15) is 5.10 Å². The third kappa shape index (κ3) is 3.21. The summed E-state index contributed by atoms with van der Waals surface area (Å²) in [6.45, 7) is 0. The van der Waals surface area contributed by atoms with Crippen molar-refractivity contribution < 1.29 is 19.4 Å². The molecule has 1 aromatic carbocycles. The number of thiophene rings is 1. The number of nitrogens with zero attached hydrogens (tertiary/aromatic N) is 2. The van der Waals surface area contributed by atoms with Crippen LogP contribution in [0, 0.1) is 0 Å². The average Bonchev–Trinajstić information content (AvgIpc) is 3.30. The first-order valence-electron chi connectivity index (χ1n) is 7.79. The number of ketones is 1. The number of aryl methyl sites for hydroxylation is 1. The van der Waals surface area contributed by atoms with Crippen LogP contribution in [0.2, 0.25) is 0 Å². The van der Waals surface area contributed by atoms with E-state index in [1.54, 1.807) is 36.1 Å². The minimum absolute atomic E-state index is 0.0808. The Morgan fingerprint density at radius 1 is 1.27 bits per heavy atom. The summed E-state index contributed by atoms with van der Waals surface area (Å²) in [7, 11) is 4.68. The van der Waals surface area contributed by atoms with Crippen LogP contribution in [0.5, 0.6) is 17.2 Å². The predicted molar refractivity (Wildman–Crippen MR) is 101 cm³/mol. The van der Waals surface area contributed by atoms with E-state index in [1.165, 1.54) is 31.6 Å². The molecular formula is C19H18N2O4S. The van der Waals surface area contributed by atoms with Gasteiger partial charge < -0.3 is 14.6 Å². The SMILES string of the molecule is COc1cc(OC)c(-c2ccnn2C)c(O)c1C(=O)/C=C/c1cccs1. The van der Waals surface area contributed by atoms with Crippen molar-refractivity contribution in [3.05, 3.63) is 52.4 Å². The molecule has 1 N–H and O–H groups in total. The maximum atomic E-state index is 12.8. The van der Waals surface area contributed by atoms with Crippen molar-refractivity contribution in [2.75, 3.05) is 14.2 Å². The third-order valence-corrected chi connectivity index (χ3v) is 4.77. The maximum absolute atomic E-state index is 12.8. The lowest BCUT2D eigenvalue weighted by Gasteiger charge is -2.16. The summed E-state index contributed by atoms with van der Waals surface area (Å²) in [5.74, 6) is 0.0669. The summed E-state index contributed by atoms with van der Waals surface area (Å²) in [5, 5.41) is 16.9. The molecular weight excluding hydrogens is 352 g/mol. The second kappa shape index (κ2) is 7.45. The van der Waals surface area contributed by atoms with Crippen molar-refractivity contribution >= 4 is 23.2 Å². The fraction of sp³-hybridized carbons (Fsp3) is 0.158. The first kappa shape index (κ1) is 17.8. The number of aromatic nitrogens is 2. The lowest BCUT2D eigenvalue weighted by molar-refractivity contribution is 0.104. The van der Waals surface area contributed by atoms with E-state index in [2.05, 4.69) is 5.10 Å². The highest BCUT2D eigenvalue weighted by Crippen LogP contribution is 2.44. The van der Waals surface area contributed by atoms with E-state index in [-0.39, 0.29) is 22.8 Å². The molecule has 6 nitrogen and oxygen atoms in total. The quantitative estimate of drug-likeness (QED) is 0.528. The fourth-order valence-corrected chi connectivity index (χ4v) is 3.29. The van der Waals surface area contributed by atoms with Gasteiger partial charge in [0, 0.05) is 24.2 Å². The lowest BCUT2D eigenvalue weighted by atomic mass is 10.00. The number of rotatable bonds is 6. The average molecular weight is 370 g/mol. The molecule has 0 radical (unpaired) electrons. The van der Waals surface area contributed by atoms with E-state index in [4.69, 9.17) is 9.47 Å². The number of aromatic hydroxyl groups is 1. The highest BCUT2D eigenvalue weighted by atomic mass is 32.1. The topological polar surface area (TPSA) is 73.6 Å². The van der Waals surface area contributed by atoms with E-state index >= 15 is 0 Å². The number of hydrogen-bond donors (Lipinski definition) is 1. The zero-order valence-corrected chi connectivity index (χ0v) is 15.4. The third-order valence-electron chi connectivity index (χ3n) is 3.93. The fourth-order valence-electron chi connectivity index (χ4n) is 2.68. The van der Waals surface area contributed by atoms with Gasteiger partial charge in [-0.15, -0.1) is 11.3 Å². The van der Waals surface area contributed by atoms with Crippen LogP contribution in [0.4, 0.5) is 0 Å². The van der Waals surface area contributed by atoms with Crippen LogP contribution in [0.1, 0.15) is 15.2 Å². The van der Waals surface area contributed by atoms with Crippen molar-refractivity contribution in [3.63, 3.8) is 0 Å². The molecule has 26 heavy (non-hydrogen) atoms. The summed E-state index contributed by atoms with van der Waals surface area (Å²) in [6.07, 6.45) is 4.74. The van der Waals surface area contributed by atoms with Gasteiger partial charge >= 0.3 is 0 Å². The van der Waals surface area contributed by atoms with E-state index in [0.29, 0.717) is 17.0 Å². The molecule has 0 atom stereocenters. The number of allylic oxidation sites excluding steroid dienone is 1. The Hall–Kier alpha value is -3.06. The standard InChI is InChI=1S/C19H18N2O4S/c1-21-13(8-9-20-21)17-15(24-2)11-16(25-3)18(19(17)23)14(22)7-6-12-5-4-10-26-12/h4-11,23H,1-3H3/b7-6+. The molecule has 0 amide bonds. The van der Waals surface area contributed by atoms with Crippen LogP contribution in [0.3, 0.4) is 0 Å². The van der Waals surface area contributed by atoms with Crippen molar-refractivity contribution in [3.8, 4) is 28.5 Å². The molecule has 0 aliphatic heterocycles. The molecule has 3 rings (SSSR count). The Balaban J connectivity index is 2.15. The minimum atomic E-state index is -0.362. The van der Waals surface area contributed by atoms with E-state index in [1.807, 2.05) is 17.5 Å². The minimum Gasteiger partial charge on any atom is -0.506 e. The van der Waals surface area contributed by atoms with Gasteiger partial charge in [0.2, 0.25) is 0 Å². The zero-order chi connectivity index (χ0) is 18.7. The van der Waals surface area contributed by atoms with Crippen LogP contribution >= 0.6 is 11.3 Å². The van der Waals surface area contributed by atoms with Gasteiger partial charge in [-0.05, 0) is 29.7 Å². The Labute approximate surface area is 154 Å². The highest BCUT2D eigenvalue weighted by molar-refractivity contribution is 7.10. The maximum Gasteiger partial charge on any atom is 0.193 e. The smallest absolute Gasteiger partial charge is 0.193 e. The Morgan fingerprint density at radius 2 is 2.04 bits per heavy atom. The molecule has 0 fully saturated rings. The monoisotopic (exact) mass is 370 g/mol. The summed E-state index contributed by atoms with van der Waals surface area (Å²) >= 11 is 1.52. The molecule has 7 heteroatoms. The van der Waals surface area contributed by atoms with Crippen LogP contribution in [-0.2, 0) is 7.05 Å². The van der Waals surface area contributed by atoms with Crippen molar-refractivity contribution in [1.82, 2.24) is 9.78 Å². The van der Waals surface area contributed by atoms with Crippen LogP contribution < -0.4 is 9.47 Å². The number of methoxy groups -OCH3 is 2. The van der Waals surface area contributed by atoms with Gasteiger partial charge in [0.25, 0.3) is 0 Å². The van der Waals surface area contributed by atoms with Crippen LogP contribution in [0.15, 0.2) is 41.9 Å². The molecule has 0 saturated heterocycles. The van der Waals surface area contributed by atoms with Crippen molar-refractivity contribution in [2.45, 2.75) is 0 Å². The highest BCUT2D eigenvalue weighted by Gasteiger charge is 2.25. The number of ether oxygens (including phenoxy) is 2. The molecule has 0 aliphatic carbocycles. The molecule has 2 heterocycles. The van der Waals surface area contributed by atoms with Gasteiger partial charge in [-0.1, -0.05) is 6.07 Å². The van der Waals surface area contributed by atoms with Gasteiger partial charge in [0.1, 0.15) is 22.8 Å². The second-order valence-electron chi connectivity index (χ2n) is 5.43. The Morgan fingerprint density at radius 3 is 2.62 bits per heavy atom. The van der Waals surface area contributed by atoms with Crippen LogP contribution in [0.25, 0.3) is 17.3 Å². The number of carbonyl (C=O) groups excluding carboxylic acids is 1. The molecule has 3 aromatic rings. The largest absolute Gasteiger partial charge is 0.506 e. The van der Waals surface area contributed by atoms with Gasteiger partial charge in [-0.25, -0.2) is 0 Å². The molecule has 0 aliphatic rings. The summed E-state index contributed by atoms with van der Waals surface area (Å²) in [6, 6.07) is 7.13. The molecule has 0 bridgehead atoms. The second-order valence-corrected chi connectivity index (χ2v) is 6.41. The molecule has 0 saturated carbocycles. The predicted octanol–water partition coefficient (Wildman–Crippen LogP) is 3.77. The molecule has 134 valence electrons. The van der Waals surface area contributed by atoms with Gasteiger partial charge in [-0.3, -0.25) is 9.48 Å². The zero-order valence-electron chi connectivity index (χ0n) is 14.6. The number of carbonyl (C=O) groups is 1. The Kier molecular flexibility index (Phi) is 5.09. The summed E-state index contributed by atoms with van der Waals surface area (Å²) < 4.78 is 12.3. The molecule has 0 unspecified atom stereocenters. The lowest BCUT2D eigenvalue weighted by Crippen LogP contribution is -2.04. The van der Waals surface area contributed by atoms with Crippen molar-refractivity contribution in [1.29, 1.82) is 0 Å². The van der Waals surface area contributed by atoms with Crippen LogP contribution in [-0.4, -0.2) is 34.9 Å².